The van der Waals surface area contributed by atoms with Crippen LogP contribution in [0.1, 0.15) is 20.3 Å². The fourth-order valence-corrected chi connectivity index (χ4v) is 2.86. The van der Waals surface area contributed by atoms with Crippen LogP contribution in [0.5, 0.6) is 0 Å². The van der Waals surface area contributed by atoms with E-state index in [1.165, 1.54) is 0 Å². The van der Waals surface area contributed by atoms with Crippen LogP contribution >= 0.6 is 22.6 Å². The lowest BCUT2D eigenvalue weighted by Gasteiger charge is -2.34. The molecule has 0 spiro atoms. The van der Waals surface area contributed by atoms with Crippen molar-refractivity contribution in [3.8, 4) is 0 Å². The van der Waals surface area contributed by atoms with Crippen LogP contribution < -0.4 is 0 Å². The van der Waals surface area contributed by atoms with Crippen molar-refractivity contribution < 1.29 is 18.9 Å². The fourth-order valence-electron chi connectivity index (χ4n) is 2.15. The van der Waals surface area contributed by atoms with E-state index in [4.69, 9.17) is 18.9 Å². The van der Waals surface area contributed by atoms with Crippen molar-refractivity contribution in [2.45, 2.75) is 50.7 Å². The molecular weight excluding hydrogens is 311 g/mol. The Kier molecular flexibility index (Phi) is 3.57. The molecule has 15 heavy (non-hydrogen) atoms. The first kappa shape index (κ1) is 12.0. The Balaban J connectivity index is 2.09. The molecule has 0 amide bonds. The predicted molar refractivity (Wildman–Crippen MR) is 63.0 cm³/mol. The molecule has 2 rings (SSSR count). The van der Waals surface area contributed by atoms with E-state index in [0.29, 0.717) is 0 Å². The van der Waals surface area contributed by atoms with E-state index >= 15 is 0 Å². The van der Waals surface area contributed by atoms with Gasteiger partial charge < -0.3 is 18.9 Å². The molecule has 2 heterocycles. The van der Waals surface area contributed by atoms with Crippen LogP contribution in [0, 0.1) is 0 Å². The van der Waals surface area contributed by atoms with E-state index in [9.17, 15) is 0 Å². The smallest absolute Gasteiger partial charge is 0.163 e. The molecule has 2 fully saturated rings. The van der Waals surface area contributed by atoms with Gasteiger partial charge in [-0.2, -0.15) is 0 Å². The van der Waals surface area contributed by atoms with Crippen molar-refractivity contribution in [1.29, 1.82) is 0 Å². The highest BCUT2D eigenvalue weighted by Gasteiger charge is 2.49. The summed E-state index contributed by atoms with van der Waals surface area (Å²) in [5.41, 5.74) is 0. The lowest BCUT2D eigenvalue weighted by molar-refractivity contribution is -0.213. The summed E-state index contributed by atoms with van der Waals surface area (Å²) in [5.74, 6) is -0.495. The van der Waals surface area contributed by atoms with Gasteiger partial charge in [0.25, 0.3) is 0 Å². The van der Waals surface area contributed by atoms with E-state index in [0.717, 1.165) is 10.8 Å². The SMILES string of the molecule is COC1C[C@H]2OC(C)(C)O[C@H]2[C@@H](CI)O1. The monoisotopic (exact) mass is 328 g/mol. The molecule has 0 saturated carbocycles. The zero-order chi connectivity index (χ0) is 11.1. The number of hydrogen-bond donors (Lipinski definition) is 0. The third kappa shape index (κ3) is 2.46. The molecule has 0 aliphatic carbocycles. The topological polar surface area (TPSA) is 36.9 Å². The lowest BCUT2D eigenvalue weighted by atomic mass is 10.0. The highest BCUT2D eigenvalue weighted by atomic mass is 127. The minimum atomic E-state index is -0.495. The van der Waals surface area contributed by atoms with Gasteiger partial charge >= 0.3 is 0 Å². The Hall–Kier alpha value is 0.570. The molecule has 4 atom stereocenters. The summed E-state index contributed by atoms with van der Waals surface area (Å²) in [6.45, 7) is 3.88. The van der Waals surface area contributed by atoms with Crippen molar-refractivity contribution >= 4 is 22.6 Å². The quantitative estimate of drug-likeness (QED) is 0.571. The molecule has 0 radical (unpaired) electrons. The molecule has 0 bridgehead atoms. The zero-order valence-electron chi connectivity index (χ0n) is 9.23. The third-order valence-electron chi connectivity index (χ3n) is 2.75. The fraction of sp³-hybridized carbons (Fsp3) is 1.00. The summed E-state index contributed by atoms with van der Waals surface area (Å²) in [7, 11) is 1.66. The maximum absolute atomic E-state index is 5.84. The zero-order valence-corrected chi connectivity index (χ0v) is 11.4. The minimum absolute atomic E-state index is 0.0447. The number of rotatable bonds is 2. The molecule has 0 N–H and O–H groups in total. The van der Waals surface area contributed by atoms with E-state index in [2.05, 4.69) is 22.6 Å². The lowest BCUT2D eigenvalue weighted by Crippen LogP contribution is -2.48. The first-order valence-corrected chi connectivity index (χ1v) is 6.68. The molecule has 2 aliphatic heterocycles. The maximum Gasteiger partial charge on any atom is 0.163 e. The normalized spacial score (nSPS) is 44.0. The largest absolute Gasteiger partial charge is 0.356 e. The Morgan fingerprint density at radius 3 is 2.73 bits per heavy atom. The molecule has 88 valence electrons. The van der Waals surface area contributed by atoms with Gasteiger partial charge in [-0.1, -0.05) is 22.6 Å². The van der Waals surface area contributed by atoms with Crippen LogP contribution in [0.25, 0.3) is 0 Å². The van der Waals surface area contributed by atoms with Crippen LogP contribution in [0.3, 0.4) is 0 Å². The van der Waals surface area contributed by atoms with Gasteiger partial charge in [-0.05, 0) is 13.8 Å². The van der Waals surface area contributed by atoms with Crippen LogP contribution in [0.15, 0.2) is 0 Å². The number of hydrogen-bond acceptors (Lipinski definition) is 4. The molecule has 5 heteroatoms. The van der Waals surface area contributed by atoms with Crippen LogP contribution in [-0.4, -0.2) is 41.9 Å². The molecule has 0 aromatic rings. The Morgan fingerprint density at radius 2 is 2.13 bits per heavy atom. The molecule has 0 aromatic heterocycles. The number of halogens is 1. The summed E-state index contributed by atoms with van der Waals surface area (Å²) in [5, 5.41) is 0. The van der Waals surface area contributed by atoms with Gasteiger partial charge in [-0.15, -0.1) is 0 Å². The van der Waals surface area contributed by atoms with Gasteiger partial charge in [0.05, 0.1) is 12.2 Å². The van der Waals surface area contributed by atoms with E-state index in [-0.39, 0.29) is 24.6 Å². The van der Waals surface area contributed by atoms with Crippen molar-refractivity contribution in [2.75, 3.05) is 11.5 Å². The van der Waals surface area contributed by atoms with Crippen molar-refractivity contribution in [3.63, 3.8) is 0 Å². The predicted octanol–water partition coefficient (Wildman–Crippen LogP) is 1.70. The summed E-state index contributed by atoms with van der Waals surface area (Å²) in [6, 6.07) is 0. The van der Waals surface area contributed by atoms with Crippen LogP contribution in [-0.2, 0) is 18.9 Å². The molecular formula is C10H17IO4. The Morgan fingerprint density at radius 1 is 1.40 bits per heavy atom. The molecule has 2 aliphatic rings. The second-order valence-electron chi connectivity index (χ2n) is 4.37. The maximum atomic E-state index is 5.84. The summed E-state index contributed by atoms with van der Waals surface area (Å²) >= 11 is 2.31. The highest BCUT2D eigenvalue weighted by Crippen LogP contribution is 2.37. The first-order chi connectivity index (χ1) is 7.05. The molecule has 2 saturated heterocycles. The minimum Gasteiger partial charge on any atom is -0.356 e. The van der Waals surface area contributed by atoms with E-state index in [1.807, 2.05) is 13.8 Å². The molecule has 0 aromatic carbocycles. The second-order valence-corrected chi connectivity index (χ2v) is 5.25. The van der Waals surface area contributed by atoms with Gasteiger partial charge in [0, 0.05) is 18.0 Å². The average Bonchev–Trinajstić information content (AvgIpc) is 2.50. The summed E-state index contributed by atoms with van der Waals surface area (Å²) in [6.07, 6.45) is 0.791. The number of ether oxygens (including phenoxy) is 4. The number of methoxy groups -OCH3 is 1. The van der Waals surface area contributed by atoms with Gasteiger partial charge in [-0.25, -0.2) is 0 Å². The summed E-state index contributed by atoms with van der Waals surface area (Å²) < 4.78 is 23.6. The van der Waals surface area contributed by atoms with Crippen molar-refractivity contribution in [3.05, 3.63) is 0 Å². The first-order valence-electron chi connectivity index (χ1n) is 5.15. The summed E-state index contributed by atoms with van der Waals surface area (Å²) in [4.78, 5) is 0. The number of fused-ring (bicyclic) bond motifs is 1. The van der Waals surface area contributed by atoms with Gasteiger partial charge in [0.2, 0.25) is 0 Å². The highest BCUT2D eigenvalue weighted by molar-refractivity contribution is 14.1. The Labute approximate surface area is 104 Å². The van der Waals surface area contributed by atoms with Gasteiger partial charge in [-0.3, -0.25) is 0 Å². The van der Waals surface area contributed by atoms with Crippen LogP contribution in [0.4, 0.5) is 0 Å². The van der Waals surface area contributed by atoms with Crippen LogP contribution in [0.2, 0.25) is 0 Å². The molecule has 4 nitrogen and oxygen atoms in total. The van der Waals surface area contributed by atoms with Crippen molar-refractivity contribution in [2.24, 2.45) is 0 Å². The Bertz CT molecular complexity index is 233. The van der Waals surface area contributed by atoms with E-state index < -0.39 is 5.79 Å². The van der Waals surface area contributed by atoms with Gasteiger partial charge in [0.15, 0.2) is 12.1 Å². The number of alkyl halides is 1. The van der Waals surface area contributed by atoms with E-state index in [1.54, 1.807) is 7.11 Å². The standard InChI is InChI=1S/C10H17IO4/c1-10(2)14-6-4-8(12-3)13-7(5-11)9(6)15-10/h6-9H,4-5H2,1-3H3/t6-,7-,8?,9-/m1/s1. The second kappa shape index (κ2) is 4.44. The van der Waals surface area contributed by atoms with Crippen molar-refractivity contribution in [1.82, 2.24) is 0 Å². The molecule has 1 unspecified atom stereocenters. The third-order valence-corrected chi connectivity index (χ3v) is 3.62. The van der Waals surface area contributed by atoms with Gasteiger partial charge in [0.1, 0.15) is 6.10 Å². The average molecular weight is 328 g/mol.